The topological polar surface area (TPSA) is 22.4 Å². The Balaban J connectivity index is 2.06. The van der Waals surface area contributed by atoms with Crippen LogP contribution in [-0.4, -0.2) is 6.61 Å². The van der Waals surface area contributed by atoms with Crippen LogP contribution >= 0.6 is 0 Å². The third-order valence-electron chi connectivity index (χ3n) is 2.86. The minimum Gasteiger partial charge on any atom is -0.494 e. The van der Waals surface area contributed by atoms with Gasteiger partial charge in [0.2, 0.25) is 0 Å². The molecule has 0 N–H and O–H groups in total. The Labute approximate surface area is 106 Å². The predicted octanol–water partition coefficient (Wildman–Crippen LogP) is 4.50. The van der Waals surface area contributed by atoms with Crippen LogP contribution in [0.2, 0.25) is 0 Å². The van der Waals surface area contributed by atoms with E-state index in [4.69, 9.17) is 9.15 Å². The average Bonchev–Trinajstić information content (AvgIpc) is 2.83. The summed E-state index contributed by atoms with van der Waals surface area (Å²) in [4.78, 5) is 0. The van der Waals surface area contributed by atoms with Gasteiger partial charge in [-0.25, -0.2) is 0 Å². The van der Waals surface area contributed by atoms with E-state index >= 15 is 0 Å². The van der Waals surface area contributed by atoms with Crippen LogP contribution in [0.4, 0.5) is 0 Å². The van der Waals surface area contributed by atoms with Gasteiger partial charge in [0.15, 0.2) is 0 Å². The first kappa shape index (κ1) is 10.9. The first-order valence-corrected chi connectivity index (χ1v) is 6.08. The van der Waals surface area contributed by atoms with Gasteiger partial charge in [-0.2, -0.15) is 0 Å². The van der Waals surface area contributed by atoms with Crippen molar-refractivity contribution in [2.24, 2.45) is 0 Å². The van der Waals surface area contributed by atoms with Crippen LogP contribution < -0.4 is 4.74 Å². The lowest BCUT2D eigenvalue weighted by Crippen LogP contribution is -1.89. The normalized spacial score (nSPS) is 10.7. The van der Waals surface area contributed by atoms with E-state index in [-0.39, 0.29) is 0 Å². The molecular formula is C16H14O2. The van der Waals surface area contributed by atoms with Crippen LogP contribution in [0.3, 0.4) is 0 Å². The summed E-state index contributed by atoms with van der Waals surface area (Å²) < 4.78 is 11.3. The molecule has 0 fully saturated rings. The summed E-state index contributed by atoms with van der Waals surface area (Å²) in [5.41, 5.74) is 1.98. The van der Waals surface area contributed by atoms with Crippen molar-refractivity contribution in [2.45, 2.75) is 6.92 Å². The molecule has 1 heterocycles. The molecule has 0 spiro atoms. The lowest BCUT2D eigenvalue weighted by Gasteiger charge is -2.00. The zero-order valence-corrected chi connectivity index (χ0v) is 10.2. The van der Waals surface area contributed by atoms with E-state index in [0.717, 1.165) is 28.0 Å². The molecule has 18 heavy (non-hydrogen) atoms. The summed E-state index contributed by atoms with van der Waals surface area (Å²) in [7, 11) is 0. The van der Waals surface area contributed by atoms with Gasteiger partial charge in [0.05, 0.1) is 6.61 Å². The first-order chi connectivity index (χ1) is 8.86. The Kier molecular flexibility index (Phi) is 2.77. The van der Waals surface area contributed by atoms with E-state index in [1.807, 2.05) is 61.5 Å². The van der Waals surface area contributed by atoms with Crippen molar-refractivity contribution in [3.05, 3.63) is 54.6 Å². The van der Waals surface area contributed by atoms with Crippen LogP contribution in [0, 0.1) is 0 Å². The zero-order valence-electron chi connectivity index (χ0n) is 10.2. The molecule has 0 aliphatic rings. The highest BCUT2D eigenvalue weighted by Crippen LogP contribution is 2.29. The molecule has 0 bridgehead atoms. The van der Waals surface area contributed by atoms with Gasteiger partial charge in [-0.1, -0.05) is 30.3 Å². The molecule has 0 aliphatic carbocycles. The van der Waals surface area contributed by atoms with Crippen molar-refractivity contribution in [3.8, 4) is 17.1 Å². The highest BCUT2D eigenvalue weighted by Gasteiger charge is 2.06. The van der Waals surface area contributed by atoms with Crippen molar-refractivity contribution in [1.29, 1.82) is 0 Å². The monoisotopic (exact) mass is 238 g/mol. The maximum absolute atomic E-state index is 5.83. The quantitative estimate of drug-likeness (QED) is 0.670. The van der Waals surface area contributed by atoms with Crippen molar-refractivity contribution >= 4 is 11.0 Å². The molecule has 1 aromatic heterocycles. The van der Waals surface area contributed by atoms with Gasteiger partial charge in [0, 0.05) is 10.9 Å². The van der Waals surface area contributed by atoms with Crippen LogP contribution in [0.1, 0.15) is 6.92 Å². The molecule has 0 aliphatic heterocycles. The lowest BCUT2D eigenvalue weighted by atomic mass is 10.1. The number of hydrogen-bond donors (Lipinski definition) is 0. The van der Waals surface area contributed by atoms with Crippen LogP contribution in [-0.2, 0) is 0 Å². The molecule has 90 valence electrons. The molecule has 0 unspecified atom stereocenters. The second kappa shape index (κ2) is 4.57. The van der Waals surface area contributed by atoms with E-state index in [1.165, 1.54) is 0 Å². The number of fused-ring (bicyclic) bond motifs is 1. The SMILES string of the molecule is CCOc1ccc2oc(-c3ccccc3)cc2c1. The Morgan fingerprint density at radius 2 is 1.83 bits per heavy atom. The summed E-state index contributed by atoms with van der Waals surface area (Å²) in [6, 6.07) is 18.0. The first-order valence-electron chi connectivity index (χ1n) is 6.08. The molecular weight excluding hydrogens is 224 g/mol. The van der Waals surface area contributed by atoms with Gasteiger partial charge in [0.1, 0.15) is 17.1 Å². The van der Waals surface area contributed by atoms with Crippen molar-refractivity contribution < 1.29 is 9.15 Å². The van der Waals surface area contributed by atoms with Gasteiger partial charge in [-0.15, -0.1) is 0 Å². The van der Waals surface area contributed by atoms with Crippen LogP contribution in [0.15, 0.2) is 59.0 Å². The summed E-state index contributed by atoms with van der Waals surface area (Å²) in [6.45, 7) is 2.66. The number of ether oxygens (including phenoxy) is 1. The Morgan fingerprint density at radius 1 is 1.00 bits per heavy atom. The minimum atomic E-state index is 0.675. The lowest BCUT2D eigenvalue weighted by molar-refractivity contribution is 0.340. The van der Waals surface area contributed by atoms with E-state index in [2.05, 4.69) is 0 Å². The molecule has 2 nitrogen and oxygen atoms in total. The summed E-state index contributed by atoms with van der Waals surface area (Å²) >= 11 is 0. The summed E-state index contributed by atoms with van der Waals surface area (Å²) in [5, 5.41) is 1.07. The van der Waals surface area contributed by atoms with Gasteiger partial charge in [0.25, 0.3) is 0 Å². The average molecular weight is 238 g/mol. The largest absolute Gasteiger partial charge is 0.494 e. The van der Waals surface area contributed by atoms with E-state index in [9.17, 15) is 0 Å². The van der Waals surface area contributed by atoms with Gasteiger partial charge in [-0.05, 0) is 31.2 Å². The smallest absolute Gasteiger partial charge is 0.135 e. The number of benzene rings is 2. The maximum Gasteiger partial charge on any atom is 0.135 e. The van der Waals surface area contributed by atoms with Gasteiger partial charge >= 0.3 is 0 Å². The zero-order chi connectivity index (χ0) is 12.4. The van der Waals surface area contributed by atoms with Crippen LogP contribution in [0.5, 0.6) is 5.75 Å². The minimum absolute atomic E-state index is 0.675. The van der Waals surface area contributed by atoms with Gasteiger partial charge in [-0.3, -0.25) is 0 Å². The fraction of sp³-hybridized carbons (Fsp3) is 0.125. The second-order valence-electron chi connectivity index (χ2n) is 4.11. The Bertz CT molecular complexity index is 653. The number of rotatable bonds is 3. The highest BCUT2D eigenvalue weighted by molar-refractivity contribution is 5.84. The van der Waals surface area contributed by atoms with E-state index < -0.39 is 0 Å². The highest BCUT2D eigenvalue weighted by atomic mass is 16.5. The fourth-order valence-corrected chi connectivity index (χ4v) is 2.02. The van der Waals surface area contributed by atoms with Crippen molar-refractivity contribution in [2.75, 3.05) is 6.61 Å². The van der Waals surface area contributed by atoms with E-state index in [1.54, 1.807) is 0 Å². The maximum atomic E-state index is 5.83. The predicted molar refractivity (Wildman–Crippen MR) is 72.8 cm³/mol. The third kappa shape index (κ3) is 1.97. The Hall–Kier alpha value is -2.22. The Morgan fingerprint density at radius 3 is 2.61 bits per heavy atom. The molecule has 2 aromatic carbocycles. The molecule has 0 atom stereocenters. The summed E-state index contributed by atoms with van der Waals surface area (Å²) in [5.74, 6) is 1.77. The molecule has 0 radical (unpaired) electrons. The molecule has 0 saturated carbocycles. The summed E-state index contributed by atoms with van der Waals surface area (Å²) in [6.07, 6.45) is 0. The molecule has 0 saturated heterocycles. The van der Waals surface area contributed by atoms with Crippen molar-refractivity contribution in [1.82, 2.24) is 0 Å². The number of hydrogen-bond acceptors (Lipinski definition) is 2. The molecule has 3 aromatic rings. The number of furan rings is 1. The van der Waals surface area contributed by atoms with E-state index in [0.29, 0.717) is 6.61 Å². The van der Waals surface area contributed by atoms with Gasteiger partial charge < -0.3 is 9.15 Å². The third-order valence-corrected chi connectivity index (χ3v) is 2.86. The molecule has 3 rings (SSSR count). The fourth-order valence-electron chi connectivity index (χ4n) is 2.02. The second-order valence-corrected chi connectivity index (χ2v) is 4.11. The molecule has 0 amide bonds. The molecule has 2 heteroatoms. The van der Waals surface area contributed by atoms with Crippen LogP contribution in [0.25, 0.3) is 22.3 Å². The van der Waals surface area contributed by atoms with Crippen molar-refractivity contribution in [3.63, 3.8) is 0 Å². The standard InChI is InChI=1S/C16H14O2/c1-2-17-14-8-9-15-13(10-14)11-16(18-15)12-6-4-3-5-7-12/h3-11H,2H2,1H3.